The van der Waals surface area contributed by atoms with Crippen LogP contribution in [0, 0.1) is 0 Å². The zero-order valence-corrected chi connectivity index (χ0v) is 15.2. The number of rotatable bonds is 3. The molecule has 3 rings (SSSR count). The van der Waals surface area contributed by atoms with Gasteiger partial charge < -0.3 is 4.90 Å². The lowest BCUT2D eigenvalue weighted by atomic mass is 10.4. The molecule has 1 fully saturated rings. The molecule has 0 radical (unpaired) electrons. The Bertz CT molecular complexity index is 796. The maximum atomic E-state index is 12.7. The first-order chi connectivity index (χ1) is 11.0. The Balaban J connectivity index is 1.76. The van der Waals surface area contributed by atoms with E-state index in [4.69, 9.17) is 11.6 Å². The van der Waals surface area contributed by atoms with Crippen LogP contribution in [0.3, 0.4) is 0 Å². The molecule has 9 heteroatoms. The first-order valence-electron chi connectivity index (χ1n) is 6.95. The predicted molar refractivity (Wildman–Crippen MR) is 92.2 cm³/mol. The quantitative estimate of drug-likeness (QED) is 0.767. The molecule has 0 bridgehead atoms. The van der Waals surface area contributed by atoms with Gasteiger partial charge in [-0.25, -0.2) is 18.4 Å². The molecule has 2 aromatic rings. The zero-order chi connectivity index (χ0) is 16.4. The highest BCUT2D eigenvalue weighted by Gasteiger charge is 2.30. The third-order valence-electron chi connectivity index (χ3n) is 3.59. The summed E-state index contributed by atoms with van der Waals surface area (Å²) in [5.74, 6) is 0.617. The van der Waals surface area contributed by atoms with Crippen LogP contribution < -0.4 is 4.90 Å². The van der Waals surface area contributed by atoms with Crippen molar-refractivity contribution in [1.82, 2.24) is 14.3 Å². The van der Waals surface area contributed by atoms with Gasteiger partial charge in [-0.15, -0.1) is 0 Å². The molecule has 1 saturated heterocycles. The van der Waals surface area contributed by atoms with Crippen LogP contribution in [0.1, 0.15) is 0 Å². The summed E-state index contributed by atoms with van der Waals surface area (Å²) in [6.07, 6.45) is 3.35. The van der Waals surface area contributed by atoms with Crippen molar-refractivity contribution in [3.05, 3.63) is 46.2 Å². The second-order valence-electron chi connectivity index (χ2n) is 5.01. The number of nitrogens with zero attached hydrogens (tertiary/aromatic N) is 4. The molecule has 1 aliphatic heterocycles. The number of hydrogen-bond donors (Lipinski definition) is 0. The summed E-state index contributed by atoms with van der Waals surface area (Å²) in [4.78, 5) is 10.5. The van der Waals surface area contributed by atoms with E-state index in [1.54, 1.807) is 30.6 Å². The highest BCUT2D eigenvalue weighted by Crippen LogP contribution is 2.28. The minimum atomic E-state index is -3.60. The maximum Gasteiger partial charge on any atom is 0.244 e. The first-order valence-corrected chi connectivity index (χ1v) is 9.57. The normalized spacial score (nSPS) is 16.5. The molecule has 122 valence electrons. The molecule has 23 heavy (non-hydrogen) atoms. The molecule has 6 nitrogen and oxygen atoms in total. The number of halogens is 2. The van der Waals surface area contributed by atoms with Gasteiger partial charge in [-0.1, -0.05) is 27.5 Å². The molecule has 0 spiro atoms. The summed E-state index contributed by atoms with van der Waals surface area (Å²) < 4.78 is 27.7. The number of sulfonamides is 1. The fourth-order valence-corrected chi connectivity index (χ4v) is 4.84. The van der Waals surface area contributed by atoms with Crippen LogP contribution in [-0.4, -0.2) is 48.9 Å². The van der Waals surface area contributed by atoms with Crippen LogP contribution in [0.2, 0.25) is 5.02 Å². The topological polar surface area (TPSA) is 66.4 Å². The number of benzene rings is 1. The molecule has 0 atom stereocenters. The Kier molecular flexibility index (Phi) is 4.86. The van der Waals surface area contributed by atoms with E-state index in [0.717, 1.165) is 4.47 Å². The van der Waals surface area contributed by atoms with Crippen LogP contribution in [-0.2, 0) is 10.0 Å². The summed E-state index contributed by atoms with van der Waals surface area (Å²) in [7, 11) is -3.60. The largest absolute Gasteiger partial charge is 0.338 e. The van der Waals surface area contributed by atoms with E-state index in [9.17, 15) is 8.42 Å². The van der Waals surface area contributed by atoms with Gasteiger partial charge in [-0.05, 0) is 24.3 Å². The van der Waals surface area contributed by atoms with Crippen LogP contribution in [0.4, 0.5) is 5.95 Å². The van der Waals surface area contributed by atoms with Gasteiger partial charge >= 0.3 is 0 Å². The third-order valence-corrected chi connectivity index (χ3v) is 6.46. The van der Waals surface area contributed by atoms with Crippen molar-refractivity contribution in [2.45, 2.75) is 4.90 Å². The van der Waals surface area contributed by atoms with Gasteiger partial charge in [0.15, 0.2) is 0 Å². The number of anilines is 1. The van der Waals surface area contributed by atoms with Crippen molar-refractivity contribution in [3.63, 3.8) is 0 Å². The van der Waals surface area contributed by atoms with Crippen molar-refractivity contribution < 1.29 is 8.42 Å². The fourth-order valence-electron chi connectivity index (χ4n) is 2.41. The monoisotopic (exact) mass is 416 g/mol. The van der Waals surface area contributed by atoms with Crippen molar-refractivity contribution in [1.29, 1.82) is 0 Å². The molecular weight excluding hydrogens is 404 g/mol. The Morgan fingerprint density at radius 1 is 1.09 bits per heavy atom. The van der Waals surface area contributed by atoms with E-state index in [0.29, 0.717) is 32.1 Å². The molecule has 1 aromatic heterocycles. The average molecular weight is 418 g/mol. The van der Waals surface area contributed by atoms with Gasteiger partial charge in [0.2, 0.25) is 16.0 Å². The second kappa shape index (κ2) is 6.72. The van der Waals surface area contributed by atoms with E-state index in [2.05, 4.69) is 25.9 Å². The SMILES string of the molecule is O=S(=O)(c1ccc(Br)cc1Cl)N1CCN(c2ncccn2)CC1. The maximum absolute atomic E-state index is 12.7. The zero-order valence-electron chi connectivity index (χ0n) is 12.1. The summed E-state index contributed by atoms with van der Waals surface area (Å²) >= 11 is 9.37. The fraction of sp³-hybridized carbons (Fsp3) is 0.286. The Morgan fingerprint density at radius 2 is 1.74 bits per heavy atom. The molecular formula is C14H14BrClN4O2S. The average Bonchev–Trinajstić information content (AvgIpc) is 2.55. The molecule has 0 N–H and O–H groups in total. The second-order valence-corrected chi connectivity index (χ2v) is 8.24. The van der Waals surface area contributed by atoms with E-state index in [1.807, 2.05) is 4.90 Å². The van der Waals surface area contributed by atoms with Gasteiger partial charge in [0, 0.05) is 43.0 Å². The lowest BCUT2D eigenvalue weighted by molar-refractivity contribution is 0.382. The Hall–Kier alpha value is -1.22. The highest BCUT2D eigenvalue weighted by molar-refractivity contribution is 9.10. The Labute approximate surface area is 148 Å². The summed E-state index contributed by atoms with van der Waals surface area (Å²) in [6.45, 7) is 1.81. The van der Waals surface area contributed by atoms with E-state index in [-0.39, 0.29) is 9.92 Å². The minimum Gasteiger partial charge on any atom is -0.338 e. The standard InChI is InChI=1S/C14H14BrClN4O2S/c15-11-2-3-13(12(16)10-11)23(21,22)20-8-6-19(7-9-20)14-17-4-1-5-18-14/h1-5,10H,6-9H2. The van der Waals surface area contributed by atoms with E-state index in [1.165, 1.54) is 10.4 Å². The first kappa shape index (κ1) is 16.6. The summed E-state index contributed by atoms with van der Waals surface area (Å²) in [6, 6.07) is 6.53. The van der Waals surface area contributed by atoms with Crippen molar-refractivity contribution in [3.8, 4) is 0 Å². The van der Waals surface area contributed by atoms with Crippen LogP contribution in [0.5, 0.6) is 0 Å². The molecule has 2 heterocycles. The van der Waals surface area contributed by atoms with E-state index < -0.39 is 10.0 Å². The Morgan fingerprint density at radius 3 is 2.35 bits per heavy atom. The highest BCUT2D eigenvalue weighted by atomic mass is 79.9. The van der Waals surface area contributed by atoms with Crippen LogP contribution in [0.25, 0.3) is 0 Å². The number of hydrogen-bond acceptors (Lipinski definition) is 5. The van der Waals surface area contributed by atoms with Crippen LogP contribution >= 0.6 is 27.5 Å². The van der Waals surface area contributed by atoms with Gasteiger partial charge in [0.1, 0.15) is 4.90 Å². The minimum absolute atomic E-state index is 0.131. The molecule has 0 amide bonds. The van der Waals surface area contributed by atoms with Gasteiger partial charge in [-0.2, -0.15) is 4.31 Å². The molecule has 1 aliphatic rings. The number of aromatic nitrogens is 2. The molecule has 0 saturated carbocycles. The molecule has 1 aromatic carbocycles. The van der Waals surface area contributed by atoms with Crippen LogP contribution in [0.15, 0.2) is 46.0 Å². The lowest BCUT2D eigenvalue weighted by Crippen LogP contribution is -2.49. The summed E-state index contributed by atoms with van der Waals surface area (Å²) in [5.41, 5.74) is 0. The van der Waals surface area contributed by atoms with Gasteiger partial charge in [0.05, 0.1) is 5.02 Å². The predicted octanol–water partition coefficient (Wildman–Crippen LogP) is 2.40. The summed E-state index contributed by atoms with van der Waals surface area (Å²) in [5, 5.41) is 0.216. The van der Waals surface area contributed by atoms with E-state index >= 15 is 0 Å². The molecule has 0 aliphatic carbocycles. The van der Waals surface area contributed by atoms with Crippen molar-refractivity contribution in [2.75, 3.05) is 31.1 Å². The third kappa shape index (κ3) is 3.50. The lowest BCUT2D eigenvalue weighted by Gasteiger charge is -2.34. The smallest absolute Gasteiger partial charge is 0.244 e. The number of piperazine rings is 1. The van der Waals surface area contributed by atoms with Crippen molar-refractivity contribution >= 4 is 43.5 Å². The molecule has 0 unspecified atom stereocenters. The van der Waals surface area contributed by atoms with Crippen molar-refractivity contribution in [2.24, 2.45) is 0 Å². The van der Waals surface area contributed by atoms with Gasteiger partial charge in [0.25, 0.3) is 0 Å². The van der Waals surface area contributed by atoms with Gasteiger partial charge in [-0.3, -0.25) is 0 Å².